The number of amides is 1. The van der Waals surface area contributed by atoms with Gasteiger partial charge in [-0.25, -0.2) is 9.59 Å². The quantitative estimate of drug-likeness (QED) is 0.719. The Morgan fingerprint density at radius 2 is 1.57 bits per heavy atom. The summed E-state index contributed by atoms with van der Waals surface area (Å²) in [5.41, 5.74) is 4.04. The Morgan fingerprint density at radius 3 is 2.07 bits per heavy atom. The number of rotatable bonds is 5. The Bertz CT molecular complexity index is 885. The number of ether oxygens (including phenoxy) is 1. The van der Waals surface area contributed by atoms with Gasteiger partial charge in [-0.3, -0.25) is 0 Å². The Morgan fingerprint density at radius 1 is 1.04 bits per heavy atom. The third-order valence-electron chi connectivity index (χ3n) is 4.35. The Balaban J connectivity index is 1.71. The van der Waals surface area contributed by atoms with Crippen molar-refractivity contribution in [2.24, 2.45) is 4.99 Å². The van der Waals surface area contributed by atoms with E-state index in [1.165, 1.54) is 34.0 Å². The second-order valence-electron chi connectivity index (χ2n) is 7.59. The summed E-state index contributed by atoms with van der Waals surface area (Å²) in [6.07, 6.45) is -0.873. The van der Waals surface area contributed by atoms with Gasteiger partial charge in [0.25, 0.3) is 0 Å². The minimum Gasteiger partial charge on any atom is -0.477 e. The van der Waals surface area contributed by atoms with Gasteiger partial charge in [0.1, 0.15) is 11.3 Å². The zero-order valence-electron chi connectivity index (χ0n) is 16.1. The van der Waals surface area contributed by atoms with Gasteiger partial charge in [0, 0.05) is 17.4 Å². The molecule has 2 aromatic rings. The number of carbonyl (C=O) groups excluding carboxylic acids is 1. The first-order valence-electron chi connectivity index (χ1n) is 9.06. The van der Waals surface area contributed by atoms with Crippen LogP contribution in [0.2, 0.25) is 0 Å². The molecule has 6 heteroatoms. The smallest absolute Gasteiger partial charge is 0.434 e. The molecule has 0 heterocycles. The van der Waals surface area contributed by atoms with Gasteiger partial charge < -0.3 is 9.84 Å². The summed E-state index contributed by atoms with van der Waals surface area (Å²) in [4.78, 5) is 27.0. The van der Waals surface area contributed by atoms with Gasteiger partial charge in [0.2, 0.25) is 0 Å². The first-order chi connectivity index (χ1) is 13.3. The highest BCUT2D eigenvalue weighted by molar-refractivity contribution is 8.00. The van der Waals surface area contributed by atoms with E-state index >= 15 is 0 Å². The van der Waals surface area contributed by atoms with Gasteiger partial charge in [-0.15, -0.1) is 0 Å². The van der Waals surface area contributed by atoms with Crippen LogP contribution in [0.5, 0.6) is 0 Å². The molecule has 1 N–H and O–H groups in total. The van der Waals surface area contributed by atoms with Crippen LogP contribution >= 0.6 is 11.8 Å². The highest BCUT2D eigenvalue weighted by Gasteiger charge is 2.28. The summed E-state index contributed by atoms with van der Waals surface area (Å²) >= 11 is 1.45. The van der Waals surface area contributed by atoms with Crippen molar-refractivity contribution < 1.29 is 19.4 Å². The molecule has 0 spiro atoms. The molecule has 28 heavy (non-hydrogen) atoms. The predicted molar refractivity (Wildman–Crippen MR) is 112 cm³/mol. The highest BCUT2D eigenvalue weighted by Crippen LogP contribution is 2.45. The van der Waals surface area contributed by atoms with Crippen LogP contribution in [0.4, 0.5) is 4.79 Å². The highest BCUT2D eigenvalue weighted by atomic mass is 32.2. The number of carbonyl (C=O) groups is 2. The molecule has 0 atom stereocenters. The summed E-state index contributed by atoms with van der Waals surface area (Å²) in [7, 11) is 0. The van der Waals surface area contributed by atoms with Crippen LogP contribution in [0, 0.1) is 0 Å². The van der Waals surface area contributed by atoms with E-state index in [4.69, 9.17) is 4.74 Å². The van der Waals surface area contributed by atoms with E-state index in [1.54, 1.807) is 20.8 Å². The normalized spacial score (nSPS) is 13.8. The van der Waals surface area contributed by atoms with Gasteiger partial charge in [-0.1, -0.05) is 48.5 Å². The molecule has 0 saturated heterocycles. The molecule has 0 saturated carbocycles. The fraction of sp³-hybridized carbons (Fsp3) is 0.318. The molecule has 0 radical (unpaired) electrons. The van der Waals surface area contributed by atoms with Crippen molar-refractivity contribution >= 4 is 29.5 Å². The molecule has 0 bridgehead atoms. The lowest BCUT2D eigenvalue weighted by molar-refractivity contribution is -0.129. The maximum atomic E-state index is 11.8. The monoisotopic (exact) mass is 397 g/mol. The number of aliphatic carboxylic acids is 1. The first kappa shape index (κ1) is 20.1. The van der Waals surface area contributed by atoms with Crippen LogP contribution in [-0.2, 0) is 9.53 Å². The molecule has 146 valence electrons. The molecule has 0 unspecified atom stereocenters. The van der Waals surface area contributed by atoms with E-state index in [1.807, 2.05) is 24.3 Å². The average molecular weight is 397 g/mol. The lowest BCUT2D eigenvalue weighted by atomic mass is 9.99. The van der Waals surface area contributed by atoms with Crippen molar-refractivity contribution in [1.82, 2.24) is 0 Å². The van der Waals surface area contributed by atoms with Crippen LogP contribution in [0.15, 0.2) is 53.5 Å². The Kier molecular flexibility index (Phi) is 5.89. The van der Waals surface area contributed by atoms with E-state index in [0.29, 0.717) is 5.75 Å². The molecule has 0 aromatic heterocycles. The third-order valence-corrected chi connectivity index (χ3v) is 5.40. The Labute approximate surface area is 168 Å². The predicted octanol–water partition coefficient (Wildman–Crippen LogP) is 4.99. The number of carboxylic acids is 1. The lowest BCUT2D eigenvalue weighted by Crippen LogP contribution is -2.25. The van der Waals surface area contributed by atoms with Crippen molar-refractivity contribution in [1.29, 1.82) is 0 Å². The number of carboxylic acid groups (broad SMARTS) is 1. The van der Waals surface area contributed by atoms with Gasteiger partial charge in [0.15, 0.2) is 0 Å². The van der Waals surface area contributed by atoms with E-state index in [2.05, 4.69) is 29.3 Å². The number of thioether (sulfide) groups is 1. The first-order valence-corrected chi connectivity index (χ1v) is 10.2. The molecule has 5 nitrogen and oxygen atoms in total. The zero-order chi connectivity index (χ0) is 20.3. The van der Waals surface area contributed by atoms with Crippen molar-refractivity contribution in [2.45, 2.75) is 32.3 Å². The summed E-state index contributed by atoms with van der Waals surface area (Å²) in [6.45, 7) is 5.14. The number of nitrogens with zero attached hydrogens (tertiary/aromatic N) is 1. The maximum absolute atomic E-state index is 11.8. The van der Waals surface area contributed by atoms with Crippen molar-refractivity contribution in [3.05, 3.63) is 59.7 Å². The molecule has 0 aliphatic heterocycles. The summed E-state index contributed by atoms with van der Waals surface area (Å²) < 4.78 is 5.09. The fourth-order valence-corrected chi connectivity index (χ4v) is 4.34. The van der Waals surface area contributed by atoms with Gasteiger partial charge in [-0.05, 0) is 43.0 Å². The van der Waals surface area contributed by atoms with Crippen LogP contribution in [0.25, 0.3) is 11.1 Å². The SMILES string of the molecule is CC(C)(C)OC(=O)N=C(CSCC1c2ccccc2-c2ccccc21)C(=O)O. The number of fused-ring (bicyclic) bond motifs is 3. The molecule has 1 aliphatic rings. The van der Waals surface area contributed by atoms with Crippen LogP contribution in [0.3, 0.4) is 0 Å². The minimum atomic E-state index is -1.20. The number of hydrogen-bond donors (Lipinski definition) is 1. The van der Waals surface area contributed by atoms with Crippen molar-refractivity contribution in [3.8, 4) is 11.1 Å². The number of aliphatic imine (C=N–C) groups is 1. The van der Waals surface area contributed by atoms with E-state index in [-0.39, 0.29) is 17.4 Å². The van der Waals surface area contributed by atoms with Crippen LogP contribution in [0.1, 0.15) is 37.8 Å². The standard InChI is InChI=1S/C22H23NO4S/c1-22(2,3)27-21(26)23-19(20(24)25)13-28-12-18-16-10-6-4-8-14(16)15-9-5-7-11-17(15)18/h4-11,18H,12-13H2,1-3H3,(H,24,25). The summed E-state index contributed by atoms with van der Waals surface area (Å²) in [5, 5.41) is 9.38. The van der Waals surface area contributed by atoms with Gasteiger partial charge >= 0.3 is 12.1 Å². The Hall–Kier alpha value is -2.60. The summed E-state index contributed by atoms with van der Waals surface area (Å²) in [6, 6.07) is 16.6. The molecule has 1 aliphatic carbocycles. The fourth-order valence-electron chi connectivity index (χ4n) is 3.25. The molecule has 3 rings (SSSR count). The number of hydrogen-bond acceptors (Lipinski definition) is 4. The topological polar surface area (TPSA) is 76.0 Å². The van der Waals surface area contributed by atoms with E-state index in [9.17, 15) is 14.7 Å². The maximum Gasteiger partial charge on any atom is 0.434 e. The van der Waals surface area contributed by atoms with Crippen molar-refractivity contribution in [2.75, 3.05) is 11.5 Å². The van der Waals surface area contributed by atoms with Crippen LogP contribution < -0.4 is 0 Å². The van der Waals surface area contributed by atoms with Crippen molar-refractivity contribution in [3.63, 3.8) is 0 Å². The minimum absolute atomic E-state index is 0.134. The lowest BCUT2D eigenvalue weighted by Gasteiger charge is -2.17. The zero-order valence-corrected chi connectivity index (χ0v) is 17.0. The van der Waals surface area contributed by atoms with Crippen LogP contribution in [-0.4, -0.2) is 40.0 Å². The van der Waals surface area contributed by atoms with E-state index in [0.717, 1.165) is 0 Å². The largest absolute Gasteiger partial charge is 0.477 e. The van der Waals surface area contributed by atoms with E-state index < -0.39 is 17.7 Å². The second-order valence-corrected chi connectivity index (χ2v) is 8.62. The van der Waals surface area contributed by atoms with Gasteiger partial charge in [0.05, 0.1) is 0 Å². The van der Waals surface area contributed by atoms with Gasteiger partial charge in [-0.2, -0.15) is 16.8 Å². The second kappa shape index (κ2) is 8.19. The summed E-state index contributed by atoms with van der Waals surface area (Å²) in [5.74, 6) is -0.177. The average Bonchev–Trinajstić information content (AvgIpc) is 2.94. The molecular weight excluding hydrogens is 374 g/mol. The third kappa shape index (κ3) is 4.62. The molecule has 1 amide bonds. The molecular formula is C22H23NO4S. The molecule has 0 fully saturated rings. The number of benzene rings is 2. The molecule has 2 aromatic carbocycles.